The molecule has 0 saturated carbocycles. The highest BCUT2D eigenvalue weighted by atomic mass is 32.3. The fraction of sp³-hybridized carbons (Fsp3) is 0.286. The molecule has 0 bridgehead atoms. The number of benzene rings is 4. The van der Waals surface area contributed by atoms with E-state index in [0.29, 0.717) is 20.4 Å². The van der Waals surface area contributed by atoms with Crippen LogP contribution in [0.5, 0.6) is 5.75 Å². The zero-order valence-electron chi connectivity index (χ0n) is 27.1. The second kappa shape index (κ2) is 13.6. The lowest BCUT2D eigenvalue weighted by Crippen LogP contribution is -2.27. The topological polar surface area (TPSA) is 85.4 Å². The van der Waals surface area contributed by atoms with Crippen molar-refractivity contribution in [2.75, 3.05) is 44.6 Å². The van der Waals surface area contributed by atoms with Crippen LogP contribution in [0.25, 0.3) is 0 Å². The molecule has 45 heavy (non-hydrogen) atoms. The fourth-order valence-corrected chi connectivity index (χ4v) is 9.69. The Labute approximate surface area is 269 Å². The summed E-state index contributed by atoms with van der Waals surface area (Å²) in [6.45, 7) is 7.03. The molecule has 0 aliphatic heterocycles. The Balaban J connectivity index is 1.89. The van der Waals surface area contributed by atoms with Crippen LogP contribution in [-0.2, 0) is 23.3 Å². The normalized spacial score (nSPS) is 12.4. The number of carbonyl (C=O) groups excluding carboxylic acids is 1. The number of hydrogen-bond acceptors (Lipinski definition) is 8. The van der Waals surface area contributed by atoms with Gasteiger partial charge in [-0.05, 0) is 123 Å². The van der Waals surface area contributed by atoms with Crippen molar-refractivity contribution < 1.29 is 26.3 Å². The van der Waals surface area contributed by atoms with Gasteiger partial charge < -0.3 is 19.3 Å². The molecule has 0 spiro atoms. The minimum absolute atomic E-state index is 0.0668. The van der Waals surface area contributed by atoms with Gasteiger partial charge in [-0.3, -0.25) is 0 Å². The molecule has 0 saturated heterocycles. The van der Waals surface area contributed by atoms with Crippen LogP contribution in [-0.4, -0.2) is 54.8 Å². The Morgan fingerprint density at radius 2 is 1.04 bits per heavy atom. The summed E-state index contributed by atoms with van der Waals surface area (Å²) in [6.07, 6.45) is 0. The summed E-state index contributed by atoms with van der Waals surface area (Å²) in [5.74, 6) is -0.0498. The van der Waals surface area contributed by atoms with E-state index >= 15 is 0 Å². The van der Waals surface area contributed by atoms with Crippen molar-refractivity contribution in [2.45, 2.75) is 52.9 Å². The summed E-state index contributed by atoms with van der Waals surface area (Å²) in [7, 11) is 0.656. The van der Waals surface area contributed by atoms with Crippen molar-refractivity contribution in [3.05, 3.63) is 103 Å². The van der Waals surface area contributed by atoms with Crippen molar-refractivity contribution >= 4 is 37.8 Å². The van der Waals surface area contributed by atoms with Gasteiger partial charge in [-0.15, -0.1) is 0 Å². The molecule has 10 heteroatoms. The van der Waals surface area contributed by atoms with Crippen LogP contribution in [0.3, 0.4) is 0 Å². The number of ether oxygens (including phenoxy) is 2. The van der Waals surface area contributed by atoms with Gasteiger partial charge in [-0.2, -0.15) is 8.42 Å². The smallest absolute Gasteiger partial charge is 0.344 e. The van der Waals surface area contributed by atoms with Crippen LogP contribution in [0.1, 0.15) is 26.3 Å². The minimum Gasteiger partial charge on any atom is -0.482 e. The molecular formula is C35H42N2O6S2. The molecule has 0 atom stereocenters. The highest BCUT2D eigenvalue weighted by Crippen LogP contribution is 2.70. The molecule has 0 heterocycles. The fourth-order valence-electron chi connectivity index (χ4n) is 4.52. The Hall–Kier alpha value is -3.99. The second-order valence-corrected chi connectivity index (χ2v) is 16.5. The summed E-state index contributed by atoms with van der Waals surface area (Å²) in [4.78, 5) is 18.3. The van der Waals surface area contributed by atoms with Crippen LogP contribution < -0.4 is 14.5 Å². The highest BCUT2D eigenvalue weighted by molar-refractivity contribution is 8.33. The van der Waals surface area contributed by atoms with Crippen molar-refractivity contribution in [2.24, 2.45) is 0 Å². The summed E-state index contributed by atoms with van der Waals surface area (Å²) >= 11 is 0. The molecule has 0 unspecified atom stereocenters. The van der Waals surface area contributed by atoms with E-state index in [0.717, 1.165) is 16.9 Å². The minimum atomic E-state index is -4.26. The zero-order valence-corrected chi connectivity index (χ0v) is 28.7. The molecule has 4 aromatic rings. The standard InChI is InChI=1S/C35H42N2O6S2/c1-26-9-17-33(18-10-26)45(39,40)43-44(30-19-11-27(12-20-30)36(5)6,31-21-13-28(14-22-31)37(7)8)32-23-15-29(16-24-32)41-25-34(38)42-35(2,3)4/h9-24H,25H2,1-8H3. The maximum absolute atomic E-state index is 14.1. The van der Waals surface area contributed by atoms with Gasteiger partial charge in [0, 0.05) is 54.3 Å². The molecular weight excluding hydrogens is 609 g/mol. The monoisotopic (exact) mass is 650 g/mol. The lowest BCUT2D eigenvalue weighted by atomic mass is 10.2. The van der Waals surface area contributed by atoms with Crippen LogP contribution in [0, 0.1) is 6.92 Å². The van der Waals surface area contributed by atoms with E-state index in [1.165, 1.54) is 0 Å². The van der Waals surface area contributed by atoms with Gasteiger partial charge in [0.2, 0.25) is 0 Å². The zero-order chi connectivity index (χ0) is 33.0. The van der Waals surface area contributed by atoms with E-state index in [-0.39, 0.29) is 11.5 Å². The average Bonchev–Trinajstić information content (AvgIpc) is 2.98. The van der Waals surface area contributed by atoms with Gasteiger partial charge in [0.15, 0.2) is 6.61 Å². The van der Waals surface area contributed by atoms with E-state index in [2.05, 4.69) is 0 Å². The lowest BCUT2D eigenvalue weighted by molar-refractivity contribution is -0.157. The first kappa shape index (κ1) is 33.9. The van der Waals surface area contributed by atoms with Crippen LogP contribution in [0.2, 0.25) is 0 Å². The predicted molar refractivity (Wildman–Crippen MR) is 181 cm³/mol. The number of esters is 1. The molecule has 4 rings (SSSR count). The van der Waals surface area contributed by atoms with E-state index in [9.17, 15) is 13.2 Å². The summed E-state index contributed by atoms with van der Waals surface area (Å²) in [6, 6.07) is 29.1. The Morgan fingerprint density at radius 3 is 1.44 bits per heavy atom. The summed E-state index contributed by atoms with van der Waals surface area (Å²) in [5.41, 5.74) is 2.23. The maximum Gasteiger partial charge on any atom is 0.344 e. The Morgan fingerprint density at radius 1 is 0.644 bits per heavy atom. The Kier molecular flexibility index (Phi) is 10.2. The molecule has 0 fully saturated rings. The molecule has 0 aliphatic carbocycles. The number of aryl methyl sites for hydroxylation is 1. The molecule has 240 valence electrons. The predicted octanol–water partition coefficient (Wildman–Crippen LogP) is 7.45. The van der Waals surface area contributed by atoms with Gasteiger partial charge in [-0.25, -0.2) is 8.42 Å². The SMILES string of the molecule is Cc1ccc(S(=O)(=O)OS(c2ccc(OCC(=O)OC(C)(C)C)cc2)(c2ccc(N(C)C)cc2)c2ccc(N(C)C)cc2)cc1. The first-order chi connectivity index (χ1) is 21.1. The highest BCUT2D eigenvalue weighted by Gasteiger charge is 2.38. The largest absolute Gasteiger partial charge is 0.482 e. The average molecular weight is 651 g/mol. The Bertz CT molecular complexity index is 1640. The van der Waals surface area contributed by atoms with Crippen molar-refractivity contribution in [3.8, 4) is 5.75 Å². The lowest BCUT2D eigenvalue weighted by Gasteiger charge is -2.39. The van der Waals surface area contributed by atoms with Crippen LogP contribution in [0.15, 0.2) is 117 Å². The van der Waals surface area contributed by atoms with Crippen LogP contribution in [0.4, 0.5) is 11.4 Å². The third kappa shape index (κ3) is 8.19. The third-order valence-corrected chi connectivity index (χ3v) is 12.0. The second-order valence-electron chi connectivity index (χ2n) is 12.0. The summed E-state index contributed by atoms with van der Waals surface area (Å²) < 4.78 is 45.8. The van der Waals surface area contributed by atoms with Gasteiger partial charge in [0.1, 0.15) is 11.4 Å². The summed E-state index contributed by atoms with van der Waals surface area (Å²) in [5, 5.41) is 0. The van der Waals surface area contributed by atoms with E-state index in [1.807, 2.05) is 93.4 Å². The molecule has 0 aromatic heterocycles. The van der Waals surface area contributed by atoms with E-state index in [1.54, 1.807) is 69.3 Å². The molecule has 4 aromatic carbocycles. The van der Waals surface area contributed by atoms with Crippen molar-refractivity contribution in [3.63, 3.8) is 0 Å². The van der Waals surface area contributed by atoms with Crippen molar-refractivity contribution in [1.29, 1.82) is 0 Å². The van der Waals surface area contributed by atoms with Crippen molar-refractivity contribution in [1.82, 2.24) is 0 Å². The van der Waals surface area contributed by atoms with Crippen LogP contribution >= 0.6 is 10.3 Å². The molecule has 0 amide bonds. The molecule has 0 aliphatic rings. The number of rotatable bonds is 11. The van der Waals surface area contributed by atoms with Gasteiger partial charge in [0.05, 0.1) is 4.90 Å². The number of carbonyl (C=O) groups is 1. The quantitative estimate of drug-likeness (QED) is 0.155. The number of nitrogens with zero attached hydrogens (tertiary/aromatic N) is 2. The van der Waals surface area contributed by atoms with Gasteiger partial charge >= 0.3 is 16.1 Å². The van der Waals surface area contributed by atoms with E-state index < -0.39 is 32.0 Å². The number of hydrogen-bond donors (Lipinski definition) is 0. The molecule has 0 radical (unpaired) electrons. The molecule has 0 N–H and O–H groups in total. The first-order valence-corrected chi connectivity index (χ1v) is 17.4. The first-order valence-electron chi connectivity index (χ1n) is 14.5. The third-order valence-electron chi connectivity index (χ3n) is 6.80. The van der Waals surface area contributed by atoms with Gasteiger partial charge in [-0.1, -0.05) is 17.7 Å². The maximum atomic E-state index is 14.1. The van der Waals surface area contributed by atoms with E-state index in [4.69, 9.17) is 13.1 Å². The van der Waals surface area contributed by atoms with Gasteiger partial charge in [0.25, 0.3) is 0 Å². The molecule has 8 nitrogen and oxygen atoms in total. The number of anilines is 2.